The topological polar surface area (TPSA) is 75.7 Å². The number of hydrogen-bond acceptors (Lipinski definition) is 4. The predicted molar refractivity (Wildman–Crippen MR) is 114 cm³/mol. The molecule has 3 amide bonds. The first-order valence-corrected chi connectivity index (χ1v) is 9.52. The van der Waals surface area contributed by atoms with E-state index >= 15 is 0 Å². The zero-order valence-corrected chi connectivity index (χ0v) is 16.6. The van der Waals surface area contributed by atoms with E-state index in [2.05, 4.69) is 5.32 Å². The molecule has 4 rings (SSSR count). The fourth-order valence-electron chi connectivity index (χ4n) is 3.34. The SMILES string of the molecule is Cc1cccc(OCC(=O)Nc2ccc(N3C(=O)c4ccccc4C3=O)cc2)c1C. The van der Waals surface area contributed by atoms with Crippen LogP contribution in [-0.2, 0) is 4.79 Å². The van der Waals surface area contributed by atoms with Crippen molar-refractivity contribution < 1.29 is 19.1 Å². The first-order chi connectivity index (χ1) is 14.5. The van der Waals surface area contributed by atoms with Crippen LogP contribution in [0.1, 0.15) is 31.8 Å². The average Bonchev–Trinajstić information content (AvgIpc) is 3.00. The van der Waals surface area contributed by atoms with Crippen molar-refractivity contribution in [2.24, 2.45) is 0 Å². The van der Waals surface area contributed by atoms with E-state index in [9.17, 15) is 14.4 Å². The maximum absolute atomic E-state index is 12.6. The van der Waals surface area contributed by atoms with Crippen molar-refractivity contribution in [3.63, 3.8) is 0 Å². The zero-order valence-electron chi connectivity index (χ0n) is 16.6. The van der Waals surface area contributed by atoms with Gasteiger partial charge >= 0.3 is 0 Å². The quantitative estimate of drug-likeness (QED) is 0.654. The van der Waals surface area contributed by atoms with Gasteiger partial charge in [0.2, 0.25) is 0 Å². The Morgan fingerprint density at radius 1 is 0.867 bits per heavy atom. The summed E-state index contributed by atoms with van der Waals surface area (Å²) in [6.45, 7) is 3.81. The highest BCUT2D eigenvalue weighted by Gasteiger charge is 2.36. The molecule has 1 heterocycles. The van der Waals surface area contributed by atoms with Crippen LogP contribution in [0.4, 0.5) is 11.4 Å². The summed E-state index contributed by atoms with van der Waals surface area (Å²) in [5.74, 6) is -0.334. The number of anilines is 2. The molecule has 1 N–H and O–H groups in total. The molecule has 1 aliphatic rings. The molecule has 0 spiro atoms. The molecule has 0 saturated carbocycles. The lowest BCUT2D eigenvalue weighted by Gasteiger charge is -2.15. The van der Waals surface area contributed by atoms with Crippen molar-refractivity contribution in [2.45, 2.75) is 13.8 Å². The minimum absolute atomic E-state index is 0.121. The number of fused-ring (bicyclic) bond motifs is 1. The van der Waals surface area contributed by atoms with E-state index in [1.807, 2.05) is 32.0 Å². The fourth-order valence-corrected chi connectivity index (χ4v) is 3.34. The largest absolute Gasteiger partial charge is 0.483 e. The van der Waals surface area contributed by atoms with E-state index in [0.29, 0.717) is 28.3 Å². The maximum atomic E-state index is 12.6. The van der Waals surface area contributed by atoms with Gasteiger partial charge in [0.05, 0.1) is 16.8 Å². The van der Waals surface area contributed by atoms with Crippen LogP contribution in [0.15, 0.2) is 66.7 Å². The molecule has 0 bridgehead atoms. The van der Waals surface area contributed by atoms with Crippen LogP contribution in [0.5, 0.6) is 5.75 Å². The summed E-state index contributed by atoms with van der Waals surface area (Å²) in [6.07, 6.45) is 0. The number of hydrogen-bond donors (Lipinski definition) is 1. The van der Waals surface area contributed by atoms with Crippen LogP contribution in [-0.4, -0.2) is 24.3 Å². The number of ether oxygens (including phenoxy) is 1. The number of rotatable bonds is 5. The van der Waals surface area contributed by atoms with Gasteiger partial charge in [-0.25, -0.2) is 4.90 Å². The van der Waals surface area contributed by atoms with Gasteiger partial charge in [-0.3, -0.25) is 14.4 Å². The van der Waals surface area contributed by atoms with Crippen molar-refractivity contribution in [1.29, 1.82) is 0 Å². The van der Waals surface area contributed by atoms with Gasteiger partial charge in [-0.05, 0) is 67.4 Å². The van der Waals surface area contributed by atoms with Crippen LogP contribution >= 0.6 is 0 Å². The number of benzene rings is 3. The molecule has 6 heteroatoms. The molecule has 6 nitrogen and oxygen atoms in total. The maximum Gasteiger partial charge on any atom is 0.266 e. The van der Waals surface area contributed by atoms with Gasteiger partial charge in [-0.15, -0.1) is 0 Å². The third-order valence-electron chi connectivity index (χ3n) is 5.12. The Morgan fingerprint density at radius 3 is 2.13 bits per heavy atom. The van der Waals surface area contributed by atoms with Crippen LogP contribution < -0.4 is 15.0 Å². The third kappa shape index (κ3) is 3.55. The summed E-state index contributed by atoms with van der Waals surface area (Å²) in [7, 11) is 0. The number of nitrogens with zero attached hydrogens (tertiary/aromatic N) is 1. The molecule has 0 aromatic heterocycles. The van der Waals surface area contributed by atoms with Gasteiger partial charge in [-0.2, -0.15) is 0 Å². The number of carbonyl (C=O) groups is 3. The molecule has 3 aromatic rings. The number of carbonyl (C=O) groups excluding carboxylic acids is 3. The number of imide groups is 1. The Morgan fingerprint density at radius 2 is 1.50 bits per heavy atom. The Labute approximate surface area is 174 Å². The summed E-state index contributed by atoms with van der Waals surface area (Å²) < 4.78 is 5.61. The smallest absolute Gasteiger partial charge is 0.266 e. The van der Waals surface area contributed by atoms with E-state index in [1.165, 1.54) is 0 Å². The van der Waals surface area contributed by atoms with Gasteiger partial charge in [0, 0.05) is 5.69 Å². The molecule has 0 fully saturated rings. The van der Waals surface area contributed by atoms with Crippen LogP contribution in [0.2, 0.25) is 0 Å². The molecular formula is C24H20N2O4. The number of amides is 3. The predicted octanol–water partition coefficient (Wildman–Crippen LogP) is 4.12. The van der Waals surface area contributed by atoms with Gasteiger partial charge < -0.3 is 10.1 Å². The van der Waals surface area contributed by atoms with Gasteiger partial charge in [0.1, 0.15) is 5.75 Å². The molecule has 0 unspecified atom stereocenters. The molecule has 1 aliphatic heterocycles. The van der Waals surface area contributed by atoms with E-state index in [4.69, 9.17) is 4.74 Å². The molecule has 0 radical (unpaired) electrons. The summed E-state index contributed by atoms with van der Waals surface area (Å²) in [5, 5.41) is 2.75. The zero-order chi connectivity index (χ0) is 21.3. The highest BCUT2D eigenvalue weighted by Crippen LogP contribution is 2.29. The minimum Gasteiger partial charge on any atom is -0.483 e. The van der Waals surface area contributed by atoms with Crippen LogP contribution in [0, 0.1) is 13.8 Å². The Kier molecular flexibility index (Phi) is 5.06. The number of nitrogens with one attached hydrogen (secondary N) is 1. The molecule has 0 aliphatic carbocycles. The third-order valence-corrected chi connectivity index (χ3v) is 5.12. The summed E-state index contributed by atoms with van der Waals surface area (Å²) >= 11 is 0. The van der Waals surface area contributed by atoms with Crippen molar-refractivity contribution in [2.75, 3.05) is 16.8 Å². The molecule has 0 atom stereocenters. The van der Waals surface area contributed by atoms with Gasteiger partial charge in [-0.1, -0.05) is 24.3 Å². The summed E-state index contributed by atoms with van der Waals surface area (Å²) in [6, 6.07) is 19.0. The lowest BCUT2D eigenvalue weighted by atomic mass is 10.1. The van der Waals surface area contributed by atoms with Crippen molar-refractivity contribution in [3.8, 4) is 5.75 Å². The van der Waals surface area contributed by atoms with Crippen molar-refractivity contribution in [1.82, 2.24) is 0 Å². The molecular weight excluding hydrogens is 380 g/mol. The molecule has 0 saturated heterocycles. The van der Waals surface area contributed by atoms with E-state index in [-0.39, 0.29) is 24.3 Å². The van der Waals surface area contributed by atoms with E-state index in [0.717, 1.165) is 16.0 Å². The van der Waals surface area contributed by atoms with Crippen LogP contribution in [0.3, 0.4) is 0 Å². The average molecular weight is 400 g/mol. The van der Waals surface area contributed by atoms with Crippen molar-refractivity contribution in [3.05, 3.63) is 89.0 Å². The first-order valence-electron chi connectivity index (χ1n) is 9.52. The normalized spacial score (nSPS) is 12.7. The Balaban J connectivity index is 1.41. The second-order valence-corrected chi connectivity index (χ2v) is 7.07. The van der Waals surface area contributed by atoms with Crippen LogP contribution in [0.25, 0.3) is 0 Å². The number of aryl methyl sites for hydroxylation is 1. The van der Waals surface area contributed by atoms with Gasteiger partial charge in [0.25, 0.3) is 17.7 Å². The van der Waals surface area contributed by atoms with Gasteiger partial charge in [0.15, 0.2) is 6.61 Å². The summed E-state index contributed by atoms with van der Waals surface area (Å²) in [4.78, 5) is 38.5. The van der Waals surface area contributed by atoms with Crippen molar-refractivity contribution >= 4 is 29.1 Å². The lowest BCUT2D eigenvalue weighted by Crippen LogP contribution is -2.29. The minimum atomic E-state index is -0.352. The highest BCUT2D eigenvalue weighted by atomic mass is 16.5. The first kappa shape index (κ1) is 19.4. The standard InChI is InChI=1S/C24H20N2O4/c1-15-6-5-9-21(16(15)2)30-14-22(27)25-17-10-12-18(13-11-17)26-23(28)19-7-3-4-8-20(19)24(26)29/h3-13H,14H2,1-2H3,(H,25,27). The highest BCUT2D eigenvalue weighted by molar-refractivity contribution is 6.34. The van der Waals surface area contributed by atoms with E-state index < -0.39 is 0 Å². The Hall–Kier alpha value is -3.93. The fraction of sp³-hybridized carbons (Fsp3) is 0.125. The Bertz CT molecular complexity index is 1120. The molecule has 3 aromatic carbocycles. The lowest BCUT2D eigenvalue weighted by molar-refractivity contribution is -0.118. The molecule has 150 valence electrons. The second kappa shape index (κ2) is 7.83. The summed E-state index contributed by atoms with van der Waals surface area (Å²) in [5.41, 5.74) is 3.87. The molecule has 30 heavy (non-hydrogen) atoms. The van der Waals surface area contributed by atoms with E-state index in [1.54, 1.807) is 48.5 Å². The monoisotopic (exact) mass is 400 g/mol. The second-order valence-electron chi connectivity index (χ2n) is 7.07.